The predicted octanol–water partition coefficient (Wildman–Crippen LogP) is 5.42. The van der Waals surface area contributed by atoms with Gasteiger partial charge in [-0.05, 0) is 62.3 Å². The van der Waals surface area contributed by atoms with Crippen LogP contribution in [0.4, 0.5) is 0 Å². The Bertz CT molecular complexity index is 1080. The third-order valence-electron chi connectivity index (χ3n) is 6.86. The molecule has 3 rings (SSSR count). The lowest BCUT2D eigenvalue weighted by Crippen LogP contribution is -2.33. The summed E-state index contributed by atoms with van der Waals surface area (Å²) in [6.07, 6.45) is 3.96. The molecule has 2 aromatic rings. The third kappa shape index (κ3) is 6.92. The lowest BCUT2D eigenvalue weighted by Gasteiger charge is -2.27. The smallest absolute Gasteiger partial charge is 0.295 e. The van der Waals surface area contributed by atoms with Crippen molar-refractivity contribution in [1.29, 1.82) is 0 Å². The Kier molecular flexibility index (Phi) is 10.6. The fourth-order valence-corrected chi connectivity index (χ4v) is 4.68. The van der Waals surface area contributed by atoms with Gasteiger partial charge in [0.15, 0.2) is 0 Å². The highest BCUT2D eigenvalue weighted by molar-refractivity contribution is 6.46. The summed E-state index contributed by atoms with van der Waals surface area (Å²) in [5, 5.41) is 11.3. The standard InChI is InChI=1S/C30H40N2O5/c1-5-8-9-20-37-24-16-14-22(15-17-24)27-26(28(33)23-12-10-13-25(21-23)36-4)29(34)30(35)32(27)19-11-18-31(6-2)7-3/h10,12-17,21,27,33H,5-9,11,18-20H2,1-4H3. The van der Waals surface area contributed by atoms with E-state index in [1.165, 1.54) is 0 Å². The number of benzene rings is 2. The molecule has 1 saturated heterocycles. The highest BCUT2D eigenvalue weighted by atomic mass is 16.5. The Morgan fingerprint density at radius 3 is 2.35 bits per heavy atom. The summed E-state index contributed by atoms with van der Waals surface area (Å²) in [6, 6.07) is 13.7. The van der Waals surface area contributed by atoms with Gasteiger partial charge in [-0.2, -0.15) is 0 Å². The number of carbonyl (C=O) groups is 2. The summed E-state index contributed by atoms with van der Waals surface area (Å²) in [5.41, 5.74) is 1.28. The van der Waals surface area contributed by atoms with E-state index in [0.29, 0.717) is 24.5 Å². The lowest BCUT2D eigenvalue weighted by molar-refractivity contribution is -0.140. The van der Waals surface area contributed by atoms with Gasteiger partial charge in [-0.15, -0.1) is 0 Å². The van der Waals surface area contributed by atoms with Crippen molar-refractivity contribution in [2.24, 2.45) is 0 Å². The molecule has 0 saturated carbocycles. The summed E-state index contributed by atoms with van der Waals surface area (Å²) in [4.78, 5) is 30.4. The van der Waals surface area contributed by atoms with E-state index in [4.69, 9.17) is 9.47 Å². The predicted molar refractivity (Wildman–Crippen MR) is 146 cm³/mol. The molecule has 0 aliphatic carbocycles. The van der Waals surface area contributed by atoms with Crippen LogP contribution in [0.1, 0.15) is 63.6 Å². The van der Waals surface area contributed by atoms with E-state index in [-0.39, 0.29) is 11.3 Å². The normalized spacial score (nSPS) is 17.0. The summed E-state index contributed by atoms with van der Waals surface area (Å²) in [5.74, 6) is -0.167. The fraction of sp³-hybridized carbons (Fsp3) is 0.467. The van der Waals surface area contributed by atoms with Crippen molar-refractivity contribution >= 4 is 17.4 Å². The van der Waals surface area contributed by atoms with Crippen LogP contribution < -0.4 is 9.47 Å². The summed E-state index contributed by atoms with van der Waals surface area (Å²) < 4.78 is 11.1. The molecular formula is C30H40N2O5. The molecule has 1 N–H and O–H groups in total. The molecule has 1 aliphatic rings. The van der Waals surface area contributed by atoms with Crippen molar-refractivity contribution < 1.29 is 24.2 Å². The van der Waals surface area contributed by atoms with Crippen LogP contribution >= 0.6 is 0 Å². The number of rotatable bonds is 14. The maximum Gasteiger partial charge on any atom is 0.295 e. The van der Waals surface area contributed by atoms with Crippen molar-refractivity contribution in [2.75, 3.05) is 39.9 Å². The SMILES string of the molecule is CCCCCOc1ccc(C2C(=C(O)c3cccc(OC)c3)C(=O)C(=O)N2CCCN(CC)CC)cc1. The number of aliphatic hydroxyl groups excluding tert-OH is 1. The molecule has 1 unspecified atom stereocenters. The molecule has 0 aromatic heterocycles. The Balaban J connectivity index is 1.96. The molecule has 200 valence electrons. The van der Waals surface area contributed by atoms with Crippen molar-refractivity contribution in [2.45, 2.75) is 52.5 Å². The zero-order valence-corrected chi connectivity index (χ0v) is 22.5. The minimum atomic E-state index is -0.683. The number of aliphatic hydroxyl groups is 1. The molecule has 1 heterocycles. The molecule has 0 radical (unpaired) electrons. The van der Waals surface area contributed by atoms with Crippen LogP contribution in [0.15, 0.2) is 54.1 Å². The topological polar surface area (TPSA) is 79.3 Å². The first kappa shape index (κ1) is 28.3. The van der Waals surface area contributed by atoms with Crippen LogP contribution in [0, 0.1) is 0 Å². The number of likely N-dealkylation sites (tertiary alicyclic amines) is 1. The molecule has 1 atom stereocenters. The quantitative estimate of drug-likeness (QED) is 0.159. The first-order chi connectivity index (χ1) is 17.9. The second-order valence-corrected chi connectivity index (χ2v) is 9.23. The van der Waals surface area contributed by atoms with E-state index < -0.39 is 17.7 Å². The monoisotopic (exact) mass is 508 g/mol. The van der Waals surface area contributed by atoms with E-state index in [2.05, 4.69) is 25.7 Å². The highest BCUT2D eigenvalue weighted by Gasteiger charge is 2.45. The van der Waals surface area contributed by atoms with Gasteiger partial charge in [0, 0.05) is 12.1 Å². The average molecular weight is 509 g/mol. The van der Waals surface area contributed by atoms with Gasteiger partial charge in [0.1, 0.15) is 17.3 Å². The van der Waals surface area contributed by atoms with Crippen LogP contribution in [0.3, 0.4) is 0 Å². The van der Waals surface area contributed by atoms with Gasteiger partial charge in [-0.3, -0.25) is 9.59 Å². The maximum atomic E-state index is 13.3. The van der Waals surface area contributed by atoms with Gasteiger partial charge >= 0.3 is 0 Å². The van der Waals surface area contributed by atoms with E-state index >= 15 is 0 Å². The molecule has 0 spiro atoms. The Hall–Kier alpha value is -3.32. The summed E-state index contributed by atoms with van der Waals surface area (Å²) in [6.45, 7) is 10.1. The second kappa shape index (κ2) is 13.8. The first-order valence-corrected chi connectivity index (χ1v) is 13.3. The molecule has 37 heavy (non-hydrogen) atoms. The number of hydrogen-bond acceptors (Lipinski definition) is 6. The van der Waals surface area contributed by atoms with Gasteiger partial charge in [-0.25, -0.2) is 0 Å². The molecule has 1 amide bonds. The minimum Gasteiger partial charge on any atom is -0.507 e. The number of Topliss-reactive ketones (excluding diaryl/α,β-unsaturated/α-hetero) is 1. The van der Waals surface area contributed by atoms with E-state index in [9.17, 15) is 14.7 Å². The van der Waals surface area contributed by atoms with Gasteiger partial charge < -0.3 is 24.4 Å². The lowest BCUT2D eigenvalue weighted by atomic mass is 9.95. The van der Waals surface area contributed by atoms with Crippen molar-refractivity contribution in [3.8, 4) is 11.5 Å². The average Bonchev–Trinajstić information content (AvgIpc) is 3.18. The van der Waals surface area contributed by atoms with Crippen molar-refractivity contribution in [3.63, 3.8) is 0 Å². The van der Waals surface area contributed by atoms with Crippen LogP contribution in [0.2, 0.25) is 0 Å². The molecule has 1 aliphatic heterocycles. The van der Waals surface area contributed by atoms with Gasteiger partial charge in [-0.1, -0.05) is 57.9 Å². The van der Waals surface area contributed by atoms with Crippen molar-refractivity contribution in [3.05, 3.63) is 65.2 Å². The molecular weight excluding hydrogens is 468 g/mol. The summed E-state index contributed by atoms with van der Waals surface area (Å²) >= 11 is 0. The van der Waals surface area contributed by atoms with E-state index in [1.54, 1.807) is 36.3 Å². The fourth-order valence-electron chi connectivity index (χ4n) is 4.68. The van der Waals surface area contributed by atoms with E-state index in [1.807, 2.05) is 24.3 Å². The van der Waals surface area contributed by atoms with Crippen molar-refractivity contribution in [1.82, 2.24) is 9.80 Å². The number of unbranched alkanes of at least 4 members (excludes halogenated alkanes) is 2. The highest BCUT2D eigenvalue weighted by Crippen LogP contribution is 2.40. The van der Waals surface area contributed by atoms with Crippen LogP contribution in [0.5, 0.6) is 11.5 Å². The number of amides is 1. The number of ketones is 1. The number of nitrogens with zero attached hydrogens (tertiary/aromatic N) is 2. The molecule has 2 aromatic carbocycles. The maximum absolute atomic E-state index is 13.3. The zero-order valence-electron chi connectivity index (χ0n) is 22.5. The number of hydrogen-bond donors (Lipinski definition) is 1. The van der Waals surface area contributed by atoms with Gasteiger partial charge in [0.25, 0.3) is 11.7 Å². The van der Waals surface area contributed by atoms with Gasteiger partial charge in [0.2, 0.25) is 0 Å². The zero-order chi connectivity index (χ0) is 26.8. The first-order valence-electron chi connectivity index (χ1n) is 13.3. The largest absolute Gasteiger partial charge is 0.507 e. The van der Waals surface area contributed by atoms with Crippen LogP contribution in [-0.4, -0.2) is 66.5 Å². The summed E-state index contributed by atoms with van der Waals surface area (Å²) in [7, 11) is 1.54. The Morgan fingerprint density at radius 1 is 0.973 bits per heavy atom. The molecule has 0 bridgehead atoms. The molecule has 1 fully saturated rings. The number of carbonyl (C=O) groups excluding carboxylic acids is 2. The van der Waals surface area contributed by atoms with Crippen LogP contribution in [0.25, 0.3) is 5.76 Å². The molecule has 7 nitrogen and oxygen atoms in total. The van der Waals surface area contributed by atoms with E-state index in [0.717, 1.165) is 56.6 Å². The second-order valence-electron chi connectivity index (χ2n) is 9.23. The Labute approximate surface area is 220 Å². The Morgan fingerprint density at radius 2 is 1.70 bits per heavy atom. The minimum absolute atomic E-state index is 0.0951. The molecule has 7 heteroatoms. The van der Waals surface area contributed by atoms with Gasteiger partial charge in [0.05, 0.1) is 25.3 Å². The van der Waals surface area contributed by atoms with Crippen LogP contribution in [-0.2, 0) is 9.59 Å². The number of methoxy groups -OCH3 is 1. The third-order valence-corrected chi connectivity index (χ3v) is 6.86. The number of ether oxygens (including phenoxy) is 2.